The molecule has 0 aliphatic carbocycles. The van der Waals surface area contributed by atoms with Crippen molar-refractivity contribution >= 4 is 12.6 Å². The average molecular weight is 303 g/mol. The second-order valence-corrected chi connectivity index (χ2v) is 4.10. The minimum absolute atomic E-state index is 0.718. The number of benzene rings is 1. The summed E-state index contributed by atoms with van der Waals surface area (Å²) in [5.74, 6) is -2.84. The lowest BCUT2D eigenvalue weighted by molar-refractivity contribution is -0.136. The van der Waals surface area contributed by atoms with E-state index in [4.69, 9.17) is 10.0 Å². The molecule has 0 aliphatic heterocycles. The van der Waals surface area contributed by atoms with Gasteiger partial charge in [-0.1, -0.05) is 6.07 Å². The van der Waals surface area contributed by atoms with Gasteiger partial charge in [-0.3, -0.25) is 4.98 Å². The maximum Gasteiger partial charge on any atom is 0.489 e. The summed E-state index contributed by atoms with van der Waals surface area (Å²) in [6.45, 7) is 0. The number of hydrogen-bond acceptors (Lipinski definition) is 3. The van der Waals surface area contributed by atoms with Crippen LogP contribution in [0.3, 0.4) is 0 Å². The monoisotopic (exact) mass is 303 g/mol. The Hall–Kier alpha value is -2.00. The number of pyridine rings is 1. The molecule has 21 heavy (non-hydrogen) atoms. The van der Waals surface area contributed by atoms with Crippen LogP contribution in [-0.2, 0) is 6.18 Å². The van der Waals surface area contributed by atoms with Gasteiger partial charge in [0.1, 0.15) is 0 Å². The number of nitrogens with zero attached hydrogens (tertiary/aromatic N) is 1. The van der Waals surface area contributed by atoms with Crippen LogP contribution in [0.1, 0.15) is 5.56 Å². The molecular weight excluding hydrogens is 296 g/mol. The van der Waals surface area contributed by atoms with Gasteiger partial charge >= 0.3 is 13.3 Å². The molecule has 2 aromatic rings. The van der Waals surface area contributed by atoms with Crippen LogP contribution in [0.25, 0.3) is 11.3 Å². The molecule has 0 amide bonds. The third-order valence-corrected chi connectivity index (χ3v) is 2.75. The van der Waals surface area contributed by atoms with Crippen molar-refractivity contribution in [3.63, 3.8) is 0 Å². The number of halogens is 5. The van der Waals surface area contributed by atoms with Crippen LogP contribution in [-0.4, -0.2) is 22.2 Å². The average Bonchev–Trinajstić information content (AvgIpc) is 2.40. The first kappa shape index (κ1) is 15.4. The first-order valence-electron chi connectivity index (χ1n) is 5.60. The largest absolute Gasteiger partial charge is 0.489 e. The van der Waals surface area contributed by atoms with Gasteiger partial charge in [0.05, 0.1) is 11.3 Å². The Morgan fingerprint density at radius 1 is 1.05 bits per heavy atom. The molecule has 1 aromatic heterocycles. The molecule has 110 valence electrons. The van der Waals surface area contributed by atoms with Gasteiger partial charge in [0.25, 0.3) is 0 Å². The van der Waals surface area contributed by atoms with E-state index in [2.05, 4.69) is 4.98 Å². The van der Waals surface area contributed by atoms with Crippen LogP contribution in [0.5, 0.6) is 0 Å². The van der Waals surface area contributed by atoms with Crippen molar-refractivity contribution in [1.82, 2.24) is 4.98 Å². The van der Waals surface area contributed by atoms with E-state index in [1.54, 1.807) is 0 Å². The lowest BCUT2D eigenvalue weighted by Gasteiger charge is -2.16. The van der Waals surface area contributed by atoms with Crippen molar-refractivity contribution in [3.8, 4) is 11.3 Å². The highest BCUT2D eigenvalue weighted by Crippen LogP contribution is 2.36. The van der Waals surface area contributed by atoms with E-state index in [0.717, 1.165) is 30.5 Å². The summed E-state index contributed by atoms with van der Waals surface area (Å²) >= 11 is 0. The normalized spacial score (nSPS) is 11.6. The van der Waals surface area contributed by atoms with E-state index in [-0.39, 0.29) is 0 Å². The molecule has 0 atom stereocenters. The van der Waals surface area contributed by atoms with Crippen molar-refractivity contribution in [3.05, 3.63) is 47.7 Å². The van der Waals surface area contributed by atoms with Crippen LogP contribution >= 0.6 is 0 Å². The smallest absolute Gasteiger partial charge is 0.423 e. The Kier molecular flexibility index (Phi) is 3.97. The molecule has 0 spiro atoms. The summed E-state index contributed by atoms with van der Waals surface area (Å²) in [7, 11) is -2.43. The molecule has 1 heterocycles. The van der Waals surface area contributed by atoms with Gasteiger partial charge in [-0.2, -0.15) is 13.2 Å². The van der Waals surface area contributed by atoms with Gasteiger partial charge < -0.3 is 10.0 Å². The number of alkyl halides is 3. The van der Waals surface area contributed by atoms with E-state index in [1.807, 2.05) is 0 Å². The fourth-order valence-electron chi connectivity index (χ4n) is 1.88. The molecule has 0 fully saturated rings. The predicted molar refractivity (Wildman–Crippen MR) is 64.4 cm³/mol. The maximum absolute atomic E-state index is 13.7. The molecule has 0 saturated carbocycles. The summed E-state index contributed by atoms with van der Waals surface area (Å²) in [6, 6.07) is 3.44. The number of hydrogen-bond donors (Lipinski definition) is 2. The lowest BCUT2D eigenvalue weighted by Crippen LogP contribution is -2.37. The Labute approximate surface area is 115 Å². The number of aromatic nitrogens is 1. The highest BCUT2D eigenvalue weighted by atomic mass is 19.4. The molecular formula is C12H7BF5NO2. The zero-order valence-electron chi connectivity index (χ0n) is 10.2. The molecule has 9 heteroatoms. The third kappa shape index (κ3) is 2.88. The van der Waals surface area contributed by atoms with Gasteiger partial charge in [-0.05, 0) is 23.7 Å². The Balaban J connectivity index is 2.81. The number of rotatable bonds is 2. The Bertz CT molecular complexity index is 675. The van der Waals surface area contributed by atoms with Crippen molar-refractivity contribution in [2.45, 2.75) is 6.18 Å². The summed E-state index contributed by atoms with van der Waals surface area (Å²) in [5, 5.41) is 18.0. The summed E-state index contributed by atoms with van der Waals surface area (Å²) in [4.78, 5) is 3.41. The van der Waals surface area contributed by atoms with Gasteiger partial charge in [0.15, 0.2) is 11.6 Å². The van der Waals surface area contributed by atoms with Gasteiger partial charge in [0.2, 0.25) is 0 Å². The van der Waals surface area contributed by atoms with Crippen LogP contribution in [0.15, 0.2) is 30.5 Å². The Morgan fingerprint density at radius 3 is 2.29 bits per heavy atom. The van der Waals surface area contributed by atoms with Crippen molar-refractivity contribution in [2.24, 2.45) is 0 Å². The SMILES string of the molecule is OB(O)c1ccnc(-c2cccc(F)c2F)c1C(F)(F)F. The van der Waals surface area contributed by atoms with Crippen LogP contribution in [0, 0.1) is 11.6 Å². The second-order valence-electron chi connectivity index (χ2n) is 4.10. The summed E-state index contributed by atoms with van der Waals surface area (Å²) in [5.41, 5.74) is -4.05. The molecule has 0 unspecified atom stereocenters. The molecule has 3 nitrogen and oxygen atoms in total. The minimum atomic E-state index is -5.03. The first-order chi connectivity index (χ1) is 9.73. The maximum atomic E-state index is 13.7. The highest BCUT2D eigenvalue weighted by molar-refractivity contribution is 6.59. The standard InChI is InChI=1S/C12H7BF5NO2/c14-8-3-1-2-6(10(8)15)11-9(12(16,17)18)7(13(20)21)4-5-19-11/h1-5,20-21H. The Morgan fingerprint density at radius 2 is 1.71 bits per heavy atom. The zero-order valence-corrected chi connectivity index (χ0v) is 10.2. The van der Waals surface area contributed by atoms with E-state index in [0.29, 0.717) is 0 Å². The molecule has 0 aliphatic rings. The van der Waals surface area contributed by atoms with Crippen LogP contribution < -0.4 is 5.46 Å². The van der Waals surface area contributed by atoms with E-state index < -0.39 is 47.2 Å². The van der Waals surface area contributed by atoms with Gasteiger partial charge in [0, 0.05) is 11.8 Å². The minimum Gasteiger partial charge on any atom is -0.423 e. The molecule has 2 rings (SSSR count). The fraction of sp³-hybridized carbons (Fsp3) is 0.0833. The zero-order chi connectivity index (χ0) is 15.8. The van der Waals surface area contributed by atoms with Crippen molar-refractivity contribution in [2.75, 3.05) is 0 Å². The lowest BCUT2D eigenvalue weighted by atomic mass is 9.76. The molecule has 0 bridgehead atoms. The molecule has 2 N–H and O–H groups in total. The molecule has 1 aromatic carbocycles. The molecule has 0 saturated heterocycles. The third-order valence-electron chi connectivity index (χ3n) is 2.75. The first-order valence-corrected chi connectivity index (χ1v) is 5.60. The van der Waals surface area contributed by atoms with Gasteiger partial charge in [-0.15, -0.1) is 0 Å². The summed E-state index contributed by atoms with van der Waals surface area (Å²) in [6.07, 6.45) is -4.18. The summed E-state index contributed by atoms with van der Waals surface area (Å²) < 4.78 is 66.2. The predicted octanol–water partition coefficient (Wildman–Crippen LogP) is 1.73. The fourth-order valence-corrected chi connectivity index (χ4v) is 1.88. The quantitative estimate of drug-likeness (QED) is 0.656. The highest BCUT2D eigenvalue weighted by Gasteiger charge is 2.40. The van der Waals surface area contributed by atoms with Crippen molar-refractivity contribution < 1.29 is 32.0 Å². The van der Waals surface area contributed by atoms with E-state index >= 15 is 0 Å². The van der Waals surface area contributed by atoms with Crippen molar-refractivity contribution in [1.29, 1.82) is 0 Å². The van der Waals surface area contributed by atoms with Gasteiger partial charge in [-0.25, -0.2) is 8.78 Å². The van der Waals surface area contributed by atoms with Crippen LogP contribution in [0.2, 0.25) is 0 Å². The molecule has 0 radical (unpaired) electrons. The second kappa shape index (κ2) is 5.42. The van der Waals surface area contributed by atoms with E-state index in [9.17, 15) is 22.0 Å². The van der Waals surface area contributed by atoms with E-state index in [1.165, 1.54) is 0 Å². The van der Waals surface area contributed by atoms with Crippen LogP contribution in [0.4, 0.5) is 22.0 Å². The topological polar surface area (TPSA) is 53.4 Å².